The summed E-state index contributed by atoms with van der Waals surface area (Å²) in [6.45, 7) is -1.12. The second kappa shape index (κ2) is 9.94. The topological polar surface area (TPSA) is 255 Å². The average molecular weight is 576 g/mol. The summed E-state index contributed by atoms with van der Waals surface area (Å²) in [7, 11) is 0. The summed E-state index contributed by atoms with van der Waals surface area (Å²) in [6.07, 6.45) is 7.08. The zero-order chi connectivity index (χ0) is 28.8. The molecule has 0 aliphatic carbocycles. The van der Waals surface area contributed by atoms with Gasteiger partial charge in [0.15, 0.2) is 34.2 Å². The summed E-state index contributed by atoms with van der Waals surface area (Å²) < 4.78 is 32.5. The van der Waals surface area contributed by atoms with Crippen molar-refractivity contribution in [1.29, 1.82) is 0 Å². The van der Waals surface area contributed by atoms with Crippen molar-refractivity contribution in [2.24, 2.45) is 0 Å². The van der Waals surface area contributed by atoms with Crippen LogP contribution in [-0.4, -0.2) is 65.1 Å². The summed E-state index contributed by atoms with van der Waals surface area (Å²) in [5.41, 5.74) is 0.315. The third kappa shape index (κ3) is 4.41. The maximum absolute atomic E-state index is 12.8. The molecule has 0 saturated heterocycles. The van der Waals surface area contributed by atoms with Crippen molar-refractivity contribution in [1.82, 2.24) is 40.5 Å². The number of aliphatic hydroxyl groups excluding tert-OH is 2. The van der Waals surface area contributed by atoms with E-state index in [1.165, 1.54) is 25.1 Å². The quantitative estimate of drug-likeness (QED) is 0.228. The van der Waals surface area contributed by atoms with Crippen LogP contribution in [0.5, 0.6) is 0 Å². The molecule has 18 heteroatoms. The van der Waals surface area contributed by atoms with Crippen molar-refractivity contribution in [3.05, 3.63) is 60.7 Å². The van der Waals surface area contributed by atoms with Crippen LogP contribution in [-0.2, 0) is 0 Å². The first-order valence-electron chi connectivity index (χ1n) is 12.1. The zero-order valence-corrected chi connectivity index (χ0v) is 20.9. The molecule has 0 radical (unpaired) electrons. The van der Waals surface area contributed by atoms with Crippen molar-refractivity contribution in [3.63, 3.8) is 0 Å². The summed E-state index contributed by atoms with van der Waals surface area (Å²) in [6, 6.07) is -2.11. The minimum absolute atomic E-state index is 0.00911. The van der Waals surface area contributed by atoms with Crippen molar-refractivity contribution >= 4 is 11.8 Å². The average Bonchev–Trinajstić information content (AvgIpc) is 3.84. The lowest BCUT2D eigenvalue weighted by Crippen LogP contribution is -2.31. The number of amides is 2. The lowest BCUT2D eigenvalue weighted by Gasteiger charge is -2.11. The summed E-state index contributed by atoms with van der Waals surface area (Å²) in [5.74, 6) is -1.54. The van der Waals surface area contributed by atoms with Gasteiger partial charge < -0.3 is 47.3 Å². The van der Waals surface area contributed by atoms with Crippen molar-refractivity contribution in [3.8, 4) is 46.3 Å². The van der Waals surface area contributed by atoms with E-state index in [2.05, 4.69) is 40.5 Å². The first-order chi connectivity index (χ1) is 20.5. The lowest BCUT2D eigenvalue weighted by molar-refractivity contribution is 0.0893. The normalized spacial score (nSPS) is 17.0. The molecule has 1 aliphatic heterocycles. The fraction of sp³-hybridized carbons (Fsp3) is 0.167. The Hall–Kier alpha value is -5.88. The number of aliphatic hydroxyl groups is 2. The van der Waals surface area contributed by atoms with Crippen LogP contribution in [0, 0.1) is 0 Å². The highest BCUT2D eigenvalue weighted by Gasteiger charge is 2.27. The SMILES string of the molecule is O=C1NC(CO)c2nc(co2)-c2nc(co2)-c2nc(co2)C(=O)N[C@@H](CO)c2nc(co2)-c2nc(co2)-c2nc1co2. The first-order valence-corrected chi connectivity index (χ1v) is 12.1. The van der Waals surface area contributed by atoms with Gasteiger partial charge in [0.1, 0.15) is 49.7 Å². The number of hydrogen-bond acceptors (Lipinski definition) is 16. The van der Waals surface area contributed by atoms with Gasteiger partial charge in [0.05, 0.1) is 13.2 Å². The Bertz CT molecular complexity index is 1770. The van der Waals surface area contributed by atoms with Gasteiger partial charge in [-0.25, -0.2) is 29.9 Å². The van der Waals surface area contributed by atoms with Gasteiger partial charge in [-0.2, -0.15) is 0 Å². The minimum atomic E-state index is -1.05. The molecule has 2 atom stereocenters. The van der Waals surface area contributed by atoms with Crippen molar-refractivity contribution in [2.45, 2.75) is 12.1 Å². The fourth-order valence-corrected chi connectivity index (χ4v) is 3.90. The Balaban J connectivity index is 1.27. The van der Waals surface area contributed by atoms with Gasteiger partial charge >= 0.3 is 0 Å². The Morgan fingerprint density at radius 3 is 1.19 bits per heavy atom. The fourth-order valence-electron chi connectivity index (χ4n) is 3.90. The molecule has 0 saturated carbocycles. The highest BCUT2D eigenvalue weighted by molar-refractivity contribution is 5.93. The Kier molecular flexibility index (Phi) is 5.95. The number of fused-ring (bicyclic) bond motifs is 16. The van der Waals surface area contributed by atoms with Crippen molar-refractivity contribution in [2.75, 3.05) is 13.2 Å². The molecule has 0 aromatic carbocycles. The number of nitrogens with zero attached hydrogens (tertiary/aromatic N) is 6. The molecule has 212 valence electrons. The second-order valence-corrected chi connectivity index (χ2v) is 8.71. The third-order valence-electron chi connectivity index (χ3n) is 5.97. The smallest absolute Gasteiger partial charge is 0.273 e. The van der Waals surface area contributed by atoms with Gasteiger partial charge in [-0.3, -0.25) is 9.59 Å². The number of hydrogen-bond donors (Lipinski definition) is 4. The van der Waals surface area contributed by atoms with Crippen LogP contribution in [0.15, 0.2) is 64.1 Å². The van der Waals surface area contributed by atoms with E-state index in [1.807, 2.05) is 0 Å². The summed E-state index contributed by atoms with van der Waals surface area (Å²) >= 11 is 0. The van der Waals surface area contributed by atoms with Gasteiger partial charge in [0, 0.05) is 0 Å². The second-order valence-electron chi connectivity index (χ2n) is 8.71. The number of carbonyl (C=O) groups is 2. The molecule has 0 fully saturated rings. The van der Waals surface area contributed by atoms with Gasteiger partial charge in [0.25, 0.3) is 11.8 Å². The van der Waals surface area contributed by atoms with E-state index in [4.69, 9.17) is 26.5 Å². The van der Waals surface area contributed by atoms with Crippen LogP contribution < -0.4 is 10.6 Å². The van der Waals surface area contributed by atoms with Gasteiger partial charge in [-0.05, 0) is 0 Å². The van der Waals surface area contributed by atoms with Crippen molar-refractivity contribution < 1.29 is 46.3 Å². The largest absolute Gasteiger partial charge is 0.446 e. The number of carbonyl (C=O) groups excluding carboxylic acids is 2. The van der Waals surface area contributed by atoms with Crippen LogP contribution in [0.2, 0.25) is 0 Å². The molecule has 42 heavy (non-hydrogen) atoms. The number of rotatable bonds is 2. The van der Waals surface area contributed by atoms with E-state index >= 15 is 0 Å². The maximum Gasteiger partial charge on any atom is 0.273 e. The van der Waals surface area contributed by atoms with E-state index in [1.54, 1.807) is 0 Å². The molecule has 18 nitrogen and oxygen atoms in total. The minimum Gasteiger partial charge on any atom is -0.446 e. The maximum atomic E-state index is 12.8. The molecule has 6 aromatic rings. The van der Waals surface area contributed by atoms with Crippen LogP contribution in [0.25, 0.3) is 46.3 Å². The molecular weight excluding hydrogens is 560 g/mol. The zero-order valence-electron chi connectivity index (χ0n) is 20.9. The summed E-state index contributed by atoms with van der Waals surface area (Å²) in [4.78, 5) is 50.9. The Morgan fingerprint density at radius 1 is 0.500 bits per heavy atom. The summed E-state index contributed by atoms with van der Waals surface area (Å²) in [5, 5.41) is 24.9. The molecule has 6 aromatic heterocycles. The van der Waals surface area contributed by atoms with Crippen LogP contribution in [0.4, 0.5) is 0 Å². The van der Waals surface area contributed by atoms with Crippen LogP contribution in [0.3, 0.4) is 0 Å². The molecule has 1 unspecified atom stereocenters. The Labute approximate surface area is 231 Å². The molecule has 2 amide bonds. The van der Waals surface area contributed by atoms with Gasteiger partial charge in [-0.1, -0.05) is 0 Å². The lowest BCUT2D eigenvalue weighted by atomic mass is 10.3. The van der Waals surface area contributed by atoms with E-state index in [-0.39, 0.29) is 69.5 Å². The number of nitrogens with one attached hydrogen (secondary N) is 2. The van der Waals surface area contributed by atoms with E-state index in [9.17, 15) is 19.8 Å². The Morgan fingerprint density at radius 2 is 0.810 bits per heavy atom. The standard InChI is InChI=1S/C24H16N8O10/c33-1-9-19-29-15(5-39-19)23-31-14(7-41-23)22-28-12(4-38-22)18(36)26-10(2-34)20-30-16(6-40-20)24-32-13(8-42-24)21-27-11(3-37-21)17(35)25-9/h3-10,33-34H,1-2H2,(H,25,35)(H,26,36)/t9-,10?/m0/s1. The first kappa shape index (κ1) is 25.1. The third-order valence-corrected chi connectivity index (χ3v) is 5.97. The molecule has 4 N–H and O–H groups in total. The number of oxazole rings is 6. The van der Waals surface area contributed by atoms with E-state index < -0.39 is 37.1 Å². The highest BCUT2D eigenvalue weighted by Crippen LogP contribution is 2.28. The van der Waals surface area contributed by atoms with E-state index in [0.29, 0.717) is 0 Å². The van der Waals surface area contributed by atoms with E-state index in [0.717, 1.165) is 12.5 Å². The molecule has 1 aliphatic rings. The molecular formula is C24H16N8O10. The van der Waals surface area contributed by atoms with Crippen LogP contribution >= 0.6 is 0 Å². The van der Waals surface area contributed by atoms with Gasteiger partial charge in [-0.15, -0.1) is 0 Å². The predicted molar refractivity (Wildman–Crippen MR) is 130 cm³/mol. The molecule has 7 heterocycles. The molecule has 12 bridgehead atoms. The predicted octanol–water partition coefficient (Wildman–Crippen LogP) is 1.52. The van der Waals surface area contributed by atoms with Gasteiger partial charge in [0.2, 0.25) is 35.3 Å². The molecule has 0 spiro atoms. The highest BCUT2D eigenvalue weighted by atomic mass is 16.4. The van der Waals surface area contributed by atoms with Crippen LogP contribution in [0.1, 0.15) is 44.8 Å². The monoisotopic (exact) mass is 576 g/mol. The molecule has 7 rings (SSSR count). The number of aromatic nitrogens is 6.